The smallest absolute Gasteiger partial charge is 0.282 e. The highest BCUT2D eigenvalue weighted by atomic mass is 16.3. The number of aromatic nitrogens is 2. The molecule has 0 aliphatic carbocycles. The highest BCUT2D eigenvalue weighted by molar-refractivity contribution is 6.22. The molecule has 0 bridgehead atoms. The lowest BCUT2D eigenvalue weighted by molar-refractivity contribution is 0.669. The maximum absolute atomic E-state index is 13.7. The molecule has 3 heterocycles. The number of rotatable bonds is 2. The van der Waals surface area contributed by atoms with Gasteiger partial charge in [0.05, 0.1) is 21.8 Å². The lowest BCUT2D eigenvalue weighted by Crippen LogP contribution is -2.21. The van der Waals surface area contributed by atoms with Crippen molar-refractivity contribution in [2.75, 3.05) is 0 Å². The van der Waals surface area contributed by atoms with Crippen molar-refractivity contribution < 1.29 is 4.42 Å². The number of benzene rings is 7. The third-order valence-corrected chi connectivity index (χ3v) is 9.29. The van der Waals surface area contributed by atoms with Crippen LogP contribution in [0.1, 0.15) is 0 Å². The van der Waals surface area contributed by atoms with E-state index in [0.29, 0.717) is 16.3 Å². The first-order valence-corrected chi connectivity index (χ1v) is 14.9. The number of nitrogens with zero attached hydrogens (tertiary/aromatic N) is 2. The van der Waals surface area contributed by atoms with Gasteiger partial charge < -0.3 is 4.42 Å². The number of hydrogen-bond donors (Lipinski definition) is 0. The minimum Gasteiger partial charge on any atom is -0.456 e. The van der Waals surface area contributed by atoms with Crippen LogP contribution in [-0.4, -0.2) is 9.03 Å². The summed E-state index contributed by atoms with van der Waals surface area (Å²) in [6, 6.07) is 44.8. The second kappa shape index (κ2) is 8.68. The summed E-state index contributed by atoms with van der Waals surface area (Å²) < 4.78 is 9.28. The summed E-state index contributed by atoms with van der Waals surface area (Å²) in [6.45, 7) is 0. The Labute approximate surface area is 254 Å². The molecular weight excluding hydrogens is 556 g/mol. The fourth-order valence-electron chi connectivity index (χ4n) is 7.37. The summed E-state index contributed by atoms with van der Waals surface area (Å²) in [7, 11) is 0. The van der Waals surface area contributed by atoms with Crippen LogP contribution in [0.3, 0.4) is 0 Å². The molecule has 0 atom stereocenters. The molecule has 3 aromatic heterocycles. The maximum atomic E-state index is 13.7. The van der Waals surface area contributed by atoms with E-state index in [0.717, 1.165) is 71.3 Å². The van der Waals surface area contributed by atoms with Crippen LogP contribution in [-0.2, 0) is 0 Å². The zero-order chi connectivity index (χ0) is 29.8. The molecule has 0 N–H and O–H groups in total. The summed E-state index contributed by atoms with van der Waals surface area (Å²) >= 11 is 0. The van der Waals surface area contributed by atoms with E-state index in [1.165, 1.54) is 4.52 Å². The average molecular weight is 579 g/mol. The molecule has 0 unspecified atom stereocenters. The van der Waals surface area contributed by atoms with Crippen molar-refractivity contribution in [1.82, 2.24) is 9.03 Å². The molecule has 0 saturated heterocycles. The quantitative estimate of drug-likeness (QED) is 0.192. The van der Waals surface area contributed by atoms with Crippen LogP contribution in [0, 0.1) is 0 Å². The molecular formula is C40H22N2O3. The molecule has 10 aromatic rings. The van der Waals surface area contributed by atoms with Crippen molar-refractivity contribution in [2.45, 2.75) is 0 Å². The van der Waals surface area contributed by atoms with E-state index in [-0.39, 0.29) is 11.1 Å². The van der Waals surface area contributed by atoms with Gasteiger partial charge in [0.2, 0.25) is 0 Å². The van der Waals surface area contributed by atoms with Crippen LogP contribution in [0.25, 0.3) is 87.5 Å². The minimum atomic E-state index is -0.308. The average Bonchev–Trinajstić information content (AvgIpc) is 3.71. The Hall–Kier alpha value is -6.20. The SMILES string of the molecule is O=c1c2ccccc2n2c3ccc(-c4c5ccccc5c(-c5ccc6c(c5)oc5ccccc56)c5ccccc45)cc3c(=O)n12. The molecule has 0 radical (unpaired) electrons. The highest BCUT2D eigenvalue weighted by Gasteiger charge is 2.21. The minimum absolute atomic E-state index is 0.296. The van der Waals surface area contributed by atoms with Gasteiger partial charge in [-0.05, 0) is 86.3 Å². The largest absolute Gasteiger partial charge is 0.456 e. The van der Waals surface area contributed by atoms with Gasteiger partial charge in [0.1, 0.15) is 11.2 Å². The lowest BCUT2D eigenvalue weighted by atomic mass is 9.85. The molecule has 5 nitrogen and oxygen atoms in total. The summed E-state index contributed by atoms with van der Waals surface area (Å²) in [5.74, 6) is 0. The molecule has 0 spiro atoms. The van der Waals surface area contributed by atoms with Gasteiger partial charge in [0.15, 0.2) is 0 Å². The zero-order valence-electron chi connectivity index (χ0n) is 23.8. The topological polar surface area (TPSA) is 56.1 Å². The highest BCUT2D eigenvalue weighted by Crippen LogP contribution is 2.45. The second-order valence-electron chi connectivity index (χ2n) is 11.6. The van der Waals surface area contributed by atoms with Crippen molar-refractivity contribution in [3.63, 3.8) is 0 Å². The monoisotopic (exact) mass is 578 g/mol. The standard InChI is InChI=1S/C40H22N2O3/c43-39-31-14-5-7-15-33(31)41-34-20-18-23(21-32(34)40(44)42(39)41)37-27-10-1-3-12-29(27)38(30-13-4-2-11-28(30)37)24-17-19-26-25-9-6-8-16-35(25)45-36(26)22-24/h1-22H. The Morgan fingerprint density at radius 1 is 0.378 bits per heavy atom. The van der Waals surface area contributed by atoms with Gasteiger partial charge in [-0.15, -0.1) is 0 Å². The molecule has 10 rings (SSSR count). The van der Waals surface area contributed by atoms with Gasteiger partial charge >= 0.3 is 0 Å². The molecule has 210 valence electrons. The Morgan fingerprint density at radius 2 is 0.867 bits per heavy atom. The molecule has 0 amide bonds. The molecule has 0 saturated carbocycles. The van der Waals surface area contributed by atoms with Crippen molar-refractivity contribution >= 4 is 65.3 Å². The van der Waals surface area contributed by atoms with Gasteiger partial charge in [-0.25, -0.2) is 4.52 Å². The summed E-state index contributed by atoms with van der Waals surface area (Å²) in [6.07, 6.45) is 0. The molecule has 0 aliphatic heterocycles. The number of fused-ring (bicyclic) bond motifs is 10. The third kappa shape index (κ3) is 3.16. The Morgan fingerprint density at radius 3 is 1.56 bits per heavy atom. The first kappa shape index (κ1) is 24.3. The van der Waals surface area contributed by atoms with Gasteiger partial charge in [0.25, 0.3) is 11.1 Å². The summed E-state index contributed by atoms with van der Waals surface area (Å²) in [4.78, 5) is 27.0. The van der Waals surface area contributed by atoms with E-state index >= 15 is 0 Å². The fourth-order valence-corrected chi connectivity index (χ4v) is 7.37. The van der Waals surface area contributed by atoms with Crippen molar-refractivity contribution in [3.05, 3.63) is 154 Å². The normalized spacial score (nSPS) is 12.2. The van der Waals surface area contributed by atoms with E-state index < -0.39 is 0 Å². The van der Waals surface area contributed by atoms with E-state index in [2.05, 4.69) is 78.9 Å². The predicted molar refractivity (Wildman–Crippen MR) is 183 cm³/mol. The summed E-state index contributed by atoms with van der Waals surface area (Å²) in [5, 5.41) is 7.66. The Balaban J connectivity index is 1.28. The van der Waals surface area contributed by atoms with Gasteiger partial charge in [-0.3, -0.25) is 9.59 Å². The molecule has 45 heavy (non-hydrogen) atoms. The molecule has 5 heteroatoms. The van der Waals surface area contributed by atoms with E-state index in [9.17, 15) is 9.59 Å². The molecule has 0 aliphatic rings. The fraction of sp³-hybridized carbons (Fsp3) is 0. The van der Waals surface area contributed by atoms with E-state index in [1.54, 1.807) is 10.6 Å². The zero-order valence-corrected chi connectivity index (χ0v) is 23.8. The van der Waals surface area contributed by atoms with Crippen LogP contribution < -0.4 is 11.1 Å². The summed E-state index contributed by atoms with van der Waals surface area (Å²) in [5.41, 5.74) is 6.77. The first-order valence-electron chi connectivity index (χ1n) is 14.9. The first-order chi connectivity index (χ1) is 22.2. The number of para-hydroxylation sites is 2. The predicted octanol–water partition coefficient (Wildman–Crippen LogP) is 9.04. The van der Waals surface area contributed by atoms with Crippen molar-refractivity contribution in [3.8, 4) is 22.3 Å². The van der Waals surface area contributed by atoms with Crippen LogP contribution >= 0.6 is 0 Å². The van der Waals surface area contributed by atoms with Crippen LogP contribution in [0.2, 0.25) is 0 Å². The molecule has 7 aromatic carbocycles. The Kier molecular flexibility index (Phi) is 4.68. The van der Waals surface area contributed by atoms with Crippen LogP contribution in [0.5, 0.6) is 0 Å². The van der Waals surface area contributed by atoms with E-state index in [4.69, 9.17) is 4.42 Å². The van der Waals surface area contributed by atoms with E-state index in [1.807, 2.05) is 48.5 Å². The van der Waals surface area contributed by atoms with Crippen LogP contribution in [0.4, 0.5) is 0 Å². The van der Waals surface area contributed by atoms with Gasteiger partial charge in [0, 0.05) is 10.8 Å². The maximum Gasteiger partial charge on any atom is 0.282 e. The number of furan rings is 1. The van der Waals surface area contributed by atoms with Crippen molar-refractivity contribution in [2.24, 2.45) is 0 Å². The van der Waals surface area contributed by atoms with Gasteiger partial charge in [-0.2, -0.15) is 4.52 Å². The van der Waals surface area contributed by atoms with Gasteiger partial charge in [-0.1, -0.05) is 91.0 Å². The lowest BCUT2D eigenvalue weighted by Gasteiger charge is -2.17. The third-order valence-electron chi connectivity index (χ3n) is 9.29. The Bertz CT molecular complexity index is 2920. The van der Waals surface area contributed by atoms with Crippen LogP contribution in [0.15, 0.2) is 147 Å². The second-order valence-corrected chi connectivity index (χ2v) is 11.6. The van der Waals surface area contributed by atoms with Crippen molar-refractivity contribution in [1.29, 1.82) is 0 Å². The number of hydrogen-bond acceptors (Lipinski definition) is 3. The molecule has 0 fully saturated rings.